The van der Waals surface area contributed by atoms with Crippen molar-refractivity contribution >= 4 is 12.0 Å². The standard InChI is InChI=1S/C17H25NO2/c1-12(2)16-8-5-15(6-9-16)7-10-17(20)18-14(4)13(3)11-19/h5-10,12-14,19H,11H2,1-4H3,(H,18,20)/b10-7+. The van der Waals surface area contributed by atoms with Gasteiger partial charge < -0.3 is 10.4 Å². The molecular weight excluding hydrogens is 250 g/mol. The average Bonchev–Trinajstić information content (AvgIpc) is 2.44. The quantitative estimate of drug-likeness (QED) is 0.784. The highest BCUT2D eigenvalue weighted by atomic mass is 16.3. The van der Waals surface area contributed by atoms with E-state index in [2.05, 4.69) is 31.3 Å². The van der Waals surface area contributed by atoms with E-state index in [9.17, 15) is 4.79 Å². The van der Waals surface area contributed by atoms with E-state index < -0.39 is 0 Å². The van der Waals surface area contributed by atoms with Gasteiger partial charge >= 0.3 is 0 Å². The molecule has 1 amide bonds. The maximum atomic E-state index is 11.7. The molecule has 0 bridgehead atoms. The minimum absolute atomic E-state index is 0.0412. The number of hydrogen-bond acceptors (Lipinski definition) is 2. The third kappa shape index (κ3) is 5.17. The van der Waals surface area contributed by atoms with Crippen LogP contribution in [-0.4, -0.2) is 23.7 Å². The molecular formula is C17H25NO2. The molecule has 0 fully saturated rings. The van der Waals surface area contributed by atoms with E-state index in [4.69, 9.17) is 5.11 Å². The third-order valence-corrected chi connectivity index (χ3v) is 3.54. The van der Waals surface area contributed by atoms with Gasteiger partial charge in [-0.2, -0.15) is 0 Å². The van der Waals surface area contributed by atoms with Gasteiger partial charge in [-0.05, 0) is 36.0 Å². The van der Waals surface area contributed by atoms with Gasteiger partial charge in [0, 0.05) is 18.7 Å². The molecule has 0 aliphatic heterocycles. The van der Waals surface area contributed by atoms with Crippen LogP contribution in [0.5, 0.6) is 0 Å². The number of aliphatic hydroxyl groups is 1. The first-order valence-electron chi connectivity index (χ1n) is 7.13. The molecule has 110 valence electrons. The second-order valence-corrected chi connectivity index (χ2v) is 5.61. The second kappa shape index (κ2) is 7.85. The highest BCUT2D eigenvalue weighted by Gasteiger charge is 2.11. The summed E-state index contributed by atoms with van der Waals surface area (Å²) >= 11 is 0. The molecule has 0 aromatic heterocycles. The maximum Gasteiger partial charge on any atom is 0.244 e. The normalized spacial score (nSPS) is 14.5. The molecule has 2 N–H and O–H groups in total. The minimum Gasteiger partial charge on any atom is -0.396 e. The Morgan fingerprint density at radius 3 is 2.30 bits per heavy atom. The summed E-state index contributed by atoms with van der Waals surface area (Å²) in [5, 5.41) is 11.9. The van der Waals surface area contributed by atoms with Crippen LogP contribution in [0.2, 0.25) is 0 Å². The van der Waals surface area contributed by atoms with E-state index in [0.717, 1.165) is 5.56 Å². The van der Waals surface area contributed by atoms with Gasteiger partial charge in [0.2, 0.25) is 5.91 Å². The lowest BCUT2D eigenvalue weighted by Crippen LogP contribution is -2.37. The molecule has 0 heterocycles. The minimum atomic E-state index is -0.134. The molecule has 0 aliphatic rings. The lowest BCUT2D eigenvalue weighted by Gasteiger charge is -2.18. The smallest absolute Gasteiger partial charge is 0.244 e. The molecule has 3 nitrogen and oxygen atoms in total. The number of aliphatic hydroxyl groups excluding tert-OH is 1. The van der Waals surface area contributed by atoms with Crippen LogP contribution >= 0.6 is 0 Å². The Hall–Kier alpha value is -1.61. The van der Waals surface area contributed by atoms with E-state index in [-0.39, 0.29) is 24.5 Å². The van der Waals surface area contributed by atoms with Crippen molar-refractivity contribution in [1.29, 1.82) is 0 Å². The average molecular weight is 275 g/mol. The zero-order valence-corrected chi connectivity index (χ0v) is 12.8. The molecule has 2 atom stereocenters. The number of nitrogens with one attached hydrogen (secondary N) is 1. The van der Waals surface area contributed by atoms with Crippen molar-refractivity contribution in [3.8, 4) is 0 Å². The summed E-state index contributed by atoms with van der Waals surface area (Å²) in [6, 6.07) is 8.15. The maximum absolute atomic E-state index is 11.7. The number of carbonyl (C=O) groups excluding carboxylic acids is 1. The Kier molecular flexibility index (Phi) is 6.46. The van der Waals surface area contributed by atoms with Gasteiger partial charge in [-0.1, -0.05) is 45.0 Å². The number of rotatable bonds is 6. The predicted octanol–water partition coefficient (Wildman–Crippen LogP) is 2.96. The van der Waals surface area contributed by atoms with E-state index in [0.29, 0.717) is 5.92 Å². The van der Waals surface area contributed by atoms with Gasteiger partial charge in [0.1, 0.15) is 0 Å². The Morgan fingerprint density at radius 2 is 1.80 bits per heavy atom. The van der Waals surface area contributed by atoms with Crippen LogP contribution in [0, 0.1) is 5.92 Å². The van der Waals surface area contributed by atoms with Crippen LogP contribution in [0.3, 0.4) is 0 Å². The summed E-state index contributed by atoms with van der Waals surface area (Å²) in [4.78, 5) is 11.7. The fourth-order valence-corrected chi connectivity index (χ4v) is 1.74. The number of amides is 1. The van der Waals surface area contributed by atoms with E-state index in [1.807, 2.05) is 26.0 Å². The molecule has 3 heteroatoms. The van der Waals surface area contributed by atoms with Crippen molar-refractivity contribution in [3.05, 3.63) is 41.5 Å². The van der Waals surface area contributed by atoms with Crippen molar-refractivity contribution in [3.63, 3.8) is 0 Å². The van der Waals surface area contributed by atoms with E-state index in [1.165, 1.54) is 11.6 Å². The summed E-state index contributed by atoms with van der Waals surface area (Å²) in [5.41, 5.74) is 2.30. The van der Waals surface area contributed by atoms with Crippen LogP contribution in [0.1, 0.15) is 44.7 Å². The molecule has 1 rings (SSSR count). The number of benzene rings is 1. The van der Waals surface area contributed by atoms with Gasteiger partial charge in [0.05, 0.1) is 0 Å². The first kappa shape index (κ1) is 16.4. The Balaban J connectivity index is 2.57. The van der Waals surface area contributed by atoms with Gasteiger partial charge in [0.25, 0.3) is 0 Å². The zero-order valence-electron chi connectivity index (χ0n) is 12.8. The number of hydrogen-bond donors (Lipinski definition) is 2. The van der Waals surface area contributed by atoms with Crippen molar-refractivity contribution in [2.45, 2.75) is 39.7 Å². The van der Waals surface area contributed by atoms with Gasteiger partial charge in [-0.15, -0.1) is 0 Å². The van der Waals surface area contributed by atoms with Crippen molar-refractivity contribution < 1.29 is 9.90 Å². The monoisotopic (exact) mass is 275 g/mol. The van der Waals surface area contributed by atoms with Crippen molar-refractivity contribution in [2.75, 3.05) is 6.61 Å². The van der Waals surface area contributed by atoms with Crippen LogP contribution in [-0.2, 0) is 4.79 Å². The molecule has 2 unspecified atom stereocenters. The highest BCUT2D eigenvalue weighted by molar-refractivity contribution is 5.91. The van der Waals surface area contributed by atoms with Crippen LogP contribution < -0.4 is 5.32 Å². The van der Waals surface area contributed by atoms with Crippen LogP contribution in [0.25, 0.3) is 6.08 Å². The summed E-state index contributed by atoms with van der Waals surface area (Å²) in [7, 11) is 0. The topological polar surface area (TPSA) is 49.3 Å². The first-order valence-corrected chi connectivity index (χ1v) is 7.13. The molecule has 0 aliphatic carbocycles. The zero-order chi connectivity index (χ0) is 15.1. The van der Waals surface area contributed by atoms with Gasteiger partial charge in [-0.3, -0.25) is 4.79 Å². The first-order chi connectivity index (χ1) is 9.43. The molecule has 0 saturated heterocycles. The molecule has 0 radical (unpaired) electrons. The largest absolute Gasteiger partial charge is 0.396 e. The molecule has 0 spiro atoms. The third-order valence-electron chi connectivity index (χ3n) is 3.54. The van der Waals surface area contributed by atoms with Crippen molar-refractivity contribution in [2.24, 2.45) is 5.92 Å². The lowest BCUT2D eigenvalue weighted by atomic mass is 10.0. The van der Waals surface area contributed by atoms with Crippen molar-refractivity contribution in [1.82, 2.24) is 5.32 Å². The summed E-state index contributed by atoms with van der Waals surface area (Å²) < 4.78 is 0. The second-order valence-electron chi connectivity index (χ2n) is 5.61. The Bertz CT molecular complexity index is 449. The summed E-state index contributed by atoms with van der Waals surface area (Å²) in [5.74, 6) is 0.431. The fourth-order valence-electron chi connectivity index (χ4n) is 1.74. The van der Waals surface area contributed by atoms with Crippen LogP contribution in [0.4, 0.5) is 0 Å². The number of carbonyl (C=O) groups is 1. The molecule has 20 heavy (non-hydrogen) atoms. The molecule has 1 aromatic rings. The summed E-state index contributed by atoms with van der Waals surface area (Å²) in [6.45, 7) is 8.18. The van der Waals surface area contributed by atoms with Gasteiger partial charge in [0.15, 0.2) is 0 Å². The SMILES string of the molecule is CC(C)c1ccc(/C=C/C(=O)NC(C)C(C)CO)cc1. The molecule has 0 saturated carbocycles. The van der Waals surface area contributed by atoms with E-state index >= 15 is 0 Å². The predicted molar refractivity (Wildman–Crippen MR) is 83.4 cm³/mol. The molecule has 1 aromatic carbocycles. The van der Waals surface area contributed by atoms with E-state index in [1.54, 1.807) is 6.08 Å². The fraction of sp³-hybridized carbons (Fsp3) is 0.471. The highest BCUT2D eigenvalue weighted by Crippen LogP contribution is 2.15. The van der Waals surface area contributed by atoms with Crippen LogP contribution in [0.15, 0.2) is 30.3 Å². The lowest BCUT2D eigenvalue weighted by molar-refractivity contribution is -0.117. The van der Waals surface area contributed by atoms with Gasteiger partial charge in [-0.25, -0.2) is 0 Å². The Labute approximate surface area is 121 Å². The summed E-state index contributed by atoms with van der Waals surface area (Å²) in [6.07, 6.45) is 3.33. The Morgan fingerprint density at radius 1 is 1.20 bits per heavy atom.